The molecule has 2 aromatic carbocycles. The number of carbonyl (C=O) groups excluding carboxylic acids is 9. The molecule has 28 heteroatoms. The number of unbranched alkanes of at least 4 members (excludes halogenated alkanes) is 1. The Hall–Kier alpha value is -6.52. The van der Waals surface area contributed by atoms with Crippen molar-refractivity contribution in [2.45, 2.75) is 166 Å². The van der Waals surface area contributed by atoms with E-state index in [9.17, 15) is 48.3 Å². The Labute approximate surface area is 547 Å². The van der Waals surface area contributed by atoms with Gasteiger partial charge in [0.2, 0.25) is 23.6 Å². The number of esters is 2. The van der Waals surface area contributed by atoms with Gasteiger partial charge in [-0.05, 0) is 102 Å². The van der Waals surface area contributed by atoms with Crippen molar-refractivity contribution in [2.24, 2.45) is 23.5 Å². The van der Waals surface area contributed by atoms with Gasteiger partial charge >= 0.3 is 24.1 Å². The number of anilines is 2. The maximum absolute atomic E-state index is 14.7. The normalized spacial score (nSPS) is 24.0. The summed E-state index contributed by atoms with van der Waals surface area (Å²) in [5.74, 6) is -5.49. The standard InChI is InChI=1S/C62H87Br2ClN8O17/c1-33(2)52(70-49(74)21-14-13-18-35(4)87-58(80)39(31-63)32-64)55(77)68-42(19-16-24-67-59(66)81)54(76)69-43-28-40(84-10)22-23-41(43)56(78)72(8)37(6)57(79)89-48-29-50(75)73(9)44-26-38(27-45(85-11)51(44)65)25-34(3)17-15-20-47(86-12)62(83)30-46(88-60(82)71-62)36(5)53-61(48,7)90-53/h15,17,20,22-23,26-28,33,35-37,39,42,46-48,52-53,83H,13-14,16,18-19,21,24-25,29-32H2,1-12H3,(H,68,77)(H,69,76)(H,70,74)(H,71,82)(H3,66,67,81)/b20-15+,34-17+/t35?,36-,37+,42+,46+,47-,48+,52+,53+,61+,62+/m1/s1. The zero-order valence-electron chi connectivity index (χ0n) is 53.0. The number of nitrogens with one attached hydrogen (secondary N) is 5. The lowest BCUT2D eigenvalue weighted by Gasteiger charge is -2.42. The summed E-state index contributed by atoms with van der Waals surface area (Å²) in [6, 6.07) is 3.10. The highest BCUT2D eigenvalue weighted by Gasteiger charge is 2.64. The van der Waals surface area contributed by atoms with E-state index in [1.54, 1.807) is 58.9 Å². The molecule has 3 aliphatic heterocycles. The number of aliphatic hydroxyl groups is 1. The molecular formula is C62H87Br2ClN8O17. The van der Waals surface area contributed by atoms with Crippen LogP contribution in [-0.2, 0) is 58.9 Å². The third-order valence-electron chi connectivity index (χ3n) is 16.3. The first-order valence-electron chi connectivity index (χ1n) is 29.8. The van der Waals surface area contributed by atoms with Crippen LogP contribution in [-0.4, -0.2) is 176 Å². The minimum Gasteiger partial charge on any atom is -0.497 e. The predicted molar refractivity (Wildman–Crippen MR) is 343 cm³/mol. The number of epoxide rings is 1. The highest BCUT2D eigenvalue weighted by Crippen LogP contribution is 2.49. The van der Waals surface area contributed by atoms with Crippen molar-refractivity contribution in [3.8, 4) is 11.5 Å². The number of nitrogens with two attached hydrogens (primary N) is 1. The van der Waals surface area contributed by atoms with Crippen molar-refractivity contribution < 1.29 is 81.4 Å². The van der Waals surface area contributed by atoms with Gasteiger partial charge in [-0.1, -0.05) is 88.0 Å². The fourth-order valence-electron chi connectivity index (χ4n) is 10.6. The Bertz CT molecular complexity index is 2990. The third-order valence-corrected chi connectivity index (χ3v) is 18.3. The summed E-state index contributed by atoms with van der Waals surface area (Å²) in [6.07, 6.45) is 1.05. The molecule has 3 heterocycles. The van der Waals surface area contributed by atoms with Gasteiger partial charge in [-0.2, -0.15) is 0 Å². The molecule has 90 heavy (non-hydrogen) atoms. The minimum atomic E-state index is -1.94. The molecule has 0 radical (unpaired) electrons. The maximum atomic E-state index is 14.7. The number of likely N-dealkylation sites (N-methyl/N-ethyl adjacent to an activating group) is 1. The molecule has 0 saturated carbocycles. The molecule has 11 atom stereocenters. The van der Waals surface area contributed by atoms with E-state index >= 15 is 0 Å². The number of carbonyl (C=O) groups is 9. The molecule has 4 bridgehead atoms. The zero-order valence-corrected chi connectivity index (χ0v) is 57.0. The lowest BCUT2D eigenvalue weighted by molar-refractivity contribution is -0.158. The SMILES string of the molecule is COc1ccc(C(=O)N(C)[C@@H](C)C(=O)O[C@H]2CC(=O)N(C)c3cc(cc(OC)c3Cl)C/C(C)=C/C=C/[C@@H](OC)[C@@]3(O)C[C@H](OC(=O)N3)[C@@H](C)[C@@H]3O[C@@]23C)c(NC(=O)[C@H](CCCNC(N)=O)NC(=O)[C@@H](NC(=O)CCCCC(C)OC(=O)C(CBr)CBr)C(C)C)c1. The van der Waals surface area contributed by atoms with Crippen molar-refractivity contribution >= 4 is 108 Å². The topological polar surface area (TPSA) is 334 Å². The third kappa shape index (κ3) is 19.7. The molecular weight excluding hydrogens is 1320 g/mol. The van der Waals surface area contributed by atoms with Crippen LogP contribution in [0, 0.1) is 17.8 Å². The summed E-state index contributed by atoms with van der Waals surface area (Å²) >= 11 is 13.5. The monoisotopic (exact) mass is 1410 g/mol. The van der Waals surface area contributed by atoms with Crippen LogP contribution in [0.2, 0.25) is 5.02 Å². The van der Waals surface area contributed by atoms with Gasteiger partial charge in [0, 0.05) is 63.2 Å². The van der Waals surface area contributed by atoms with Crippen LogP contribution in [0.3, 0.4) is 0 Å². The number of urea groups is 1. The average Bonchev–Trinajstić information content (AvgIpc) is 1.60. The maximum Gasteiger partial charge on any atom is 0.409 e. The molecule has 0 aromatic heterocycles. The van der Waals surface area contributed by atoms with E-state index in [0.29, 0.717) is 47.8 Å². The summed E-state index contributed by atoms with van der Waals surface area (Å²) in [7, 11) is 7.06. The number of rotatable bonds is 26. The Morgan fingerprint density at radius 1 is 0.956 bits per heavy atom. The Morgan fingerprint density at radius 2 is 1.66 bits per heavy atom. The summed E-state index contributed by atoms with van der Waals surface area (Å²) in [4.78, 5) is 125. The number of nitrogens with zero attached hydrogens (tertiary/aromatic N) is 2. The van der Waals surface area contributed by atoms with Crippen LogP contribution >= 0.6 is 43.5 Å². The van der Waals surface area contributed by atoms with Crippen LogP contribution < -0.4 is 46.7 Å². The van der Waals surface area contributed by atoms with Crippen molar-refractivity contribution in [2.75, 3.05) is 62.8 Å². The Balaban J connectivity index is 1.39. The number of amides is 8. The van der Waals surface area contributed by atoms with E-state index in [-0.39, 0.29) is 72.2 Å². The number of ether oxygens (including phenoxy) is 7. The molecule has 5 rings (SSSR count). The second-order valence-corrected chi connectivity index (χ2v) is 25.2. The van der Waals surface area contributed by atoms with Crippen LogP contribution in [0.15, 0.2) is 54.1 Å². The number of methoxy groups -OCH3 is 3. The van der Waals surface area contributed by atoms with E-state index < -0.39 is 120 Å². The Kier molecular flexibility index (Phi) is 27.8. The number of alkyl carbamates (subject to hydrolysis) is 1. The van der Waals surface area contributed by atoms with E-state index in [0.717, 1.165) is 16.0 Å². The lowest BCUT2D eigenvalue weighted by atomic mass is 9.83. The molecule has 8 N–H and O–H groups in total. The van der Waals surface area contributed by atoms with Crippen LogP contribution in [0.4, 0.5) is 21.0 Å². The summed E-state index contributed by atoms with van der Waals surface area (Å²) in [5.41, 5.74) is 3.63. The van der Waals surface area contributed by atoms with Gasteiger partial charge in [-0.3, -0.25) is 34.1 Å². The average molecular weight is 1410 g/mol. The molecule has 3 aliphatic rings. The lowest BCUT2D eigenvalue weighted by Crippen LogP contribution is -2.63. The van der Waals surface area contributed by atoms with Crippen LogP contribution in [0.25, 0.3) is 0 Å². The number of allylic oxidation sites excluding steroid dienone is 3. The zero-order chi connectivity index (χ0) is 66.9. The van der Waals surface area contributed by atoms with Crippen LogP contribution in [0.1, 0.15) is 116 Å². The first-order chi connectivity index (χ1) is 42.4. The second-order valence-electron chi connectivity index (χ2n) is 23.5. The molecule has 498 valence electrons. The van der Waals surface area contributed by atoms with Crippen molar-refractivity contribution in [3.05, 3.63) is 70.3 Å². The number of halogens is 3. The van der Waals surface area contributed by atoms with Crippen molar-refractivity contribution in [1.82, 2.24) is 26.2 Å². The van der Waals surface area contributed by atoms with E-state index in [2.05, 4.69) is 58.4 Å². The van der Waals surface area contributed by atoms with Gasteiger partial charge in [0.05, 0.1) is 55.7 Å². The van der Waals surface area contributed by atoms with Gasteiger partial charge in [0.1, 0.15) is 58.6 Å². The highest BCUT2D eigenvalue weighted by atomic mass is 79.9. The van der Waals surface area contributed by atoms with Crippen molar-refractivity contribution in [3.63, 3.8) is 0 Å². The van der Waals surface area contributed by atoms with Gasteiger partial charge < -0.3 is 75.1 Å². The van der Waals surface area contributed by atoms with E-state index in [4.69, 9.17) is 50.5 Å². The molecule has 8 amide bonds. The van der Waals surface area contributed by atoms with Gasteiger partial charge in [-0.25, -0.2) is 14.4 Å². The van der Waals surface area contributed by atoms with E-state index in [1.165, 1.54) is 65.4 Å². The van der Waals surface area contributed by atoms with E-state index in [1.807, 2.05) is 13.0 Å². The Morgan fingerprint density at radius 3 is 2.29 bits per heavy atom. The summed E-state index contributed by atoms with van der Waals surface area (Å²) in [6.45, 7) is 11.9. The first kappa shape index (κ1) is 74.2. The molecule has 0 aliphatic carbocycles. The van der Waals surface area contributed by atoms with Gasteiger partial charge in [-0.15, -0.1) is 0 Å². The molecule has 1 unspecified atom stereocenters. The molecule has 2 aromatic rings. The predicted octanol–water partition coefficient (Wildman–Crippen LogP) is 6.75. The number of hydrogen-bond donors (Lipinski definition) is 7. The first-order valence-corrected chi connectivity index (χ1v) is 32.4. The number of fused-ring (bicyclic) bond motifs is 5. The summed E-state index contributed by atoms with van der Waals surface area (Å²) < 4.78 is 40.7. The molecule has 0 spiro atoms. The summed E-state index contributed by atoms with van der Waals surface area (Å²) in [5, 5.41) is 26.2. The smallest absolute Gasteiger partial charge is 0.409 e. The quantitative estimate of drug-likeness (QED) is 0.0168. The fraction of sp³-hybridized carbons (Fsp3) is 0.597. The molecule has 25 nitrogen and oxygen atoms in total. The highest BCUT2D eigenvalue weighted by molar-refractivity contribution is 9.09. The fourth-order valence-corrected chi connectivity index (χ4v) is 12.5. The largest absolute Gasteiger partial charge is 0.497 e. The minimum absolute atomic E-state index is 0.0313. The second kappa shape index (κ2) is 33.7. The van der Waals surface area contributed by atoms with Gasteiger partial charge in [0.15, 0.2) is 5.72 Å². The van der Waals surface area contributed by atoms with Crippen molar-refractivity contribution in [1.29, 1.82) is 0 Å². The number of primary amides is 1. The number of benzene rings is 2. The molecule has 2 fully saturated rings. The number of hydrogen-bond acceptors (Lipinski definition) is 17. The van der Waals surface area contributed by atoms with Gasteiger partial charge in [0.25, 0.3) is 5.91 Å². The molecule has 2 saturated heterocycles. The van der Waals surface area contributed by atoms with Crippen LogP contribution in [0.5, 0.6) is 11.5 Å². The number of alkyl halides is 2.